The Bertz CT molecular complexity index is 877. The van der Waals surface area contributed by atoms with E-state index in [0.717, 1.165) is 16.9 Å². The zero-order valence-corrected chi connectivity index (χ0v) is 15.6. The van der Waals surface area contributed by atoms with Crippen molar-refractivity contribution in [3.8, 4) is 5.75 Å². The number of nitrogens with zero attached hydrogens (tertiary/aromatic N) is 3. The summed E-state index contributed by atoms with van der Waals surface area (Å²) in [7, 11) is 1.79. The summed E-state index contributed by atoms with van der Waals surface area (Å²) in [6, 6.07) is 17.5. The number of benzene rings is 2. The summed E-state index contributed by atoms with van der Waals surface area (Å²) in [6.45, 7) is 2.74. The molecule has 2 aromatic carbocycles. The first kappa shape index (κ1) is 18.6. The van der Waals surface area contributed by atoms with Crippen LogP contribution in [-0.4, -0.2) is 34.5 Å². The summed E-state index contributed by atoms with van der Waals surface area (Å²) in [5.74, 6) is 1.85. The van der Waals surface area contributed by atoms with Gasteiger partial charge in [-0.1, -0.05) is 53.7 Å². The molecule has 140 valence electrons. The maximum atomic E-state index is 12.3. The molecular formula is C21H23N3O3. The second-order valence-electron chi connectivity index (χ2n) is 6.39. The van der Waals surface area contributed by atoms with E-state index in [9.17, 15) is 4.79 Å². The van der Waals surface area contributed by atoms with Crippen molar-refractivity contribution < 1.29 is 14.1 Å². The summed E-state index contributed by atoms with van der Waals surface area (Å²) in [5.41, 5.74) is 2.06. The number of hydrogen-bond donors (Lipinski definition) is 0. The molecule has 0 radical (unpaired) electrons. The summed E-state index contributed by atoms with van der Waals surface area (Å²) < 4.78 is 10.9. The molecule has 0 saturated carbocycles. The summed E-state index contributed by atoms with van der Waals surface area (Å²) in [6.07, 6.45) is 0.921. The van der Waals surface area contributed by atoms with E-state index in [4.69, 9.17) is 9.26 Å². The Morgan fingerprint density at radius 1 is 1.11 bits per heavy atom. The smallest absolute Gasteiger partial charge is 0.264 e. The zero-order chi connectivity index (χ0) is 19.1. The van der Waals surface area contributed by atoms with Gasteiger partial charge in [0, 0.05) is 20.0 Å². The molecule has 0 unspecified atom stereocenters. The molecule has 0 aliphatic heterocycles. The molecular weight excluding hydrogens is 342 g/mol. The predicted molar refractivity (Wildman–Crippen MR) is 101 cm³/mol. The minimum absolute atomic E-state index is 0.0628. The molecule has 0 N–H and O–H groups in total. The Kier molecular flexibility index (Phi) is 6.20. The summed E-state index contributed by atoms with van der Waals surface area (Å²) in [5, 5.41) is 3.96. The van der Waals surface area contributed by atoms with Gasteiger partial charge in [0.1, 0.15) is 5.75 Å². The normalized spacial score (nSPS) is 10.6. The average Bonchev–Trinajstić information content (AvgIpc) is 3.14. The van der Waals surface area contributed by atoms with Gasteiger partial charge in [-0.2, -0.15) is 4.98 Å². The molecule has 0 bridgehead atoms. The van der Waals surface area contributed by atoms with Crippen LogP contribution in [0.2, 0.25) is 0 Å². The topological polar surface area (TPSA) is 68.5 Å². The van der Waals surface area contributed by atoms with Gasteiger partial charge in [0.05, 0.1) is 6.42 Å². The van der Waals surface area contributed by atoms with Gasteiger partial charge in [-0.25, -0.2) is 0 Å². The zero-order valence-electron chi connectivity index (χ0n) is 15.6. The Morgan fingerprint density at radius 2 is 1.85 bits per heavy atom. The predicted octanol–water partition coefficient (Wildman–Crippen LogP) is 3.20. The molecule has 6 heteroatoms. The van der Waals surface area contributed by atoms with Gasteiger partial charge in [-0.3, -0.25) is 4.79 Å². The third-order valence-corrected chi connectivity index (χ3v) is 4.25. The molecule has 1 heterocycles. The van der Waals surface area contributed by atoms with E-state index in [1.54, 1.807) is 11.9 Å². The van der Waals surface area contributed by atoms with E-state index in [1.165, 1.54) is 0 Å². The molecule has 1 amide bonds. The Balaban J connectivity index is 1.46. The second kappa shape index (κ2) is 8.98. The lowest BCUT2D eigenvalue weighted by Crippen LogP contribution is -2.30. The monoisotopic (exact) mass is 365 g/mol. The molecule has 0 saturated heterocycles. The number of aromatic nitrogens is 2. The fourth-order valence-electron chi connectivity index (χ4n) is 2.61. The number of para-hydroxylation sites is 1. The van der Waals surface area contributed by atoms with Gasteiger partial charge in [-0.15, -0.1) is 0 Å². The maximum absolute atomic E-state index is 12.3. The quantitative estimate of drug-likeness (QED) is 0.613. The van der Waals surface area contributed by atoms with Crippen molar-refractivity contribution in [2.45, 2.75) is 26.4 Å². The first-order valence-corrected chi connectivity index (χ1v) is 8.89. The number of carbonyl (C=O) groups excluding carboxylic acids is 1. The van der Waals surface area contributed by atoms with E-state index in [-0.39, 0.29) is 12.5 Å². The van der Waals surface area contributed by atoms with Crippen LogP contribution >= 0.6 is 0 Å². The van der Waals surface area contributed by atoms with Crippen LogP contribution in [0.25, 0.3) is 0 Å². The molecule has 0 atom stereocenters. The van der Waals surface area contributed by atoms with Crippen LogP contribution in [0.1, 0.15) is 22.8 Å². The molecule has 3 rings (SSSR count). The molecule has 0 aliphatic rings. The van der Waals surface area contributed by atoms with Gasteiger partial charge in [0.15, 0.2) is 12.4 Å². The van der Waals surface area contributed by atoms with Gasteiger partial charge < -0.3 is 14.2 Å². The molecule has 0 spiro atoms. The van der Waals surface area contributed by atoms with Crippen molar-refractivity contribution in [1.29, 1.82) is 0 Å². The number of likely N-dealkylation sites (N-methyl/N-ethyl adjacent to an activating group) is 1. The summed E-state index contributed by atoms with van der Waals surface area (Å²) >= 11 is 0. The van der Waals surface area contributed by atoms with Gasteiger partial charge in [-0.05, 0) is 24.1 Å². The third kappa shape index (κ3) is 5.41. The standard InChI is InChI=1S/C21H23N3O3/c1-16-8-6-7-11-18(16)26-15-20-22-19(23-27-20)12-13-24(2)21(25)14-17-9-4-3-5-10-17/h3-11H,12-15H2,1-2H3. The fourth-order valence-corrected chi connectivity index (χ4v) is 2.61. The van der Waals surface area contributed by atoms with Crippen molar-refractivity contribution in [3.63, 3.8) is 0 Å². The average molecular weight is 365 g/mol. The lowest BCUT2D eigenvalue weighted by Gasteiger charge is -2.16. The van der Waals surface area contributed by atoms with Crippen LogP contribution in [0.3, 0.4) is 0 Å². The van der Waals surface area contributed by atoms with Crippen molar-refractivity contribution in [3.05, 3.63) is 77.4 Å². The summed E-state index contributed by atoms with van der Waals surface area (Å²) in [4.78, 5) is 18.3. The number of aryl methyl sites for hydroxylation is 1. The highest BCUT2D eigenvalue weighted by Gasteiger charge is 2.12. The SMILES string of the molecule is Cc1ccccc1OCc1nc(CCN(C)C(=O)Cc2ccccc2)no1. The van der Waals surface area contributed by atoms with E-state index in [1.807, 2.05) is 61.5 Å². The number of amides is 1. The van der Waals surface area contributed by atoms with Crippen LogP contribution in [0, 0.1) is 6.92 Å². The Labute approximate surface area is 158 Å². The van der Waals surface area contributed by atoms with E-state index in [2.05, 4.69) is 10.1 Å². The minimum atomic E-state index is 0.0628. The number of rotatable bonds is 8. The molecule has 3 aromatic rings. The maximum Gasteiger partial charge on any atom is 0.264 e. The van der Waals surface area contributed by atoms with Crippen molar-refractivity contribution in [2.75, 3.05) is 13.6 Å². The number of carbonyl (C=O) groups is 1. The van der Waals surface area contributed by atoms with E-state index in [0.29, 0.717) is 31.1 Å². The Hall–Kier alpha value is -3.15. The minimum Gasteiger partial charge on any atom is -0.483 e. The van der Waals surface area contributed by atoms with E-state index < -0.39 is 0 Å². The van der Waals surface area contributed by atoms with Crippen molar-refractivity contribution >= 4 is 5.91 Å². The van der Waals surface area contributed by atoms with Crippen LogP contribution in [0.5, 0.6) is 5.75 Å². The van der Waals surface area contributed by atoms with Gasteiger partial charge in [0.25, 0.3) is 5.89 Å². The first-order chi connectivity index (χ1) is 13.1. The second-order valence-corrected chi connectivity index (χ2v) is 6.39. The highest BCUT2D eigenvalue weighted by atomic mass is 16.5. The highest BCUT2D eigenvalue weighted by Crippen LogP contribution is 2.17. The van der Waals surface area contributed by atoms with Crippen molar-refractivity contribution in [2.24, 2.45) is 0 Å². The third-order valence-electron chi connectivity index (χ3n) is 4.25. The number of hydrogen-bond acceptors (Lipinski definition) is 5. The molecule has 27 heavy (non-hydrogen) atoms. The molecule has 0 fully saturated rings. The molecule has 6 nitrogen and oxygen atoms in total. The van der Waals surface area contributed by atoms with E-state index >= 15 is 0 Å². The van der Waals surface area contributed by atoms with Gasteiger partial charge >= 0.3 is 0 Å². The van der Waals surface area contributed by atoms with Crippen LogP contribution < -0.4 is 4.74 Å². The molecule has 0 aliphatic carbocycles. The van der Waals surface area contributed by atoms with Crippen LogP contribution in [-0.2, 0) is 24.2 Å². The highest BCUT2D eigenvalue weighted by molar-refractivity contribution is 5.78. The lowest BCUT2D eigenvalue weighted by molar-refractivity contribution is -0.129. The number of ether oxygens (including phenoxy) is 1. The van der Waals surface area contributed by atoms with Crippen LogP contribution in [0.15, 0.2) is 59.1 Å². The first-order valence-electron chi connectivity index (χ1n) is 8.89. The lowest BCUT2D eigenvalue weighted by atomic mass is 10.1. The van der Waals surface area contributed by atoms with Crippen LogP contribution in [0.4, 0.5) is 0 Å². The van der Waals surface area contributed by atoms with Gasteiger partial charge in [0.2, 0.25) is 5.91 Å². The van der Waals surface area contributed by atoms with Crippen molar-refractivity contribution in [1.82, 2.24) is 15.0 Å². The fraction of sp³-hybridized carbons (Fsp3) is 0.286. The largest absolute Gasteiger partial charge is 0.483 e. The Morgan fingerprint density at radius 3 is 2.63 bits per heavy atom. The molecule has 1 aromatic heterocycles.